The van der Waals surface area contributed by atoms with Gasteiger partial charge in [0.25, 0.3) is 11.5 Å². The molecule has 6 heteroatoms. The van der Waals surface area contributed by atoms with E-state index in [4.69, 9.17) is 0 Å². The van der Waals surface area contributed by atoms with Crippen molar-refractivity contribution in [2.24, 2.45) is 0 Å². The molecule has 0 radical (unpaired) electrons. The second kappa shape index (κ2) is 6.84. The van der Waals surface area contributed by atoms with E-state index in [-0.39, 0.29) is 17.0 Å². The number of aryl methyl sites for hydroxylation is 2. The molecule has 0 bridgehead atoms. The second-order valence-corrected chi connectivity index (χ2v) is 6.95. The molecule has 2 rings (SSSR count). The zero-order valence-electron chi connectivity index (χ0n) is 14.5. The number of H-pyrrole nitrogens is 1. The van der Waals surface area contributed by atoms with Crippen LogP contribution in [0.25, 0.3) is 0 Å². The molecular weight excluding hydrogens is 294 g/mol. The fourth-order valence-corrected chi connectivity index (χ4v) is 3.41. The Kier molecular flexibility index (Phi) is 5.26. The van der Waals surface area contributed by atoms with Crippen LogP contribution >= 0.6 is 0 Å². The van der Waals surface area contributed by atoms with Crippen molar-refractivity contribution >= 4 is 5.91 Å². The lowest BCUT2D eigenvalue weighted by molar-refractivity contribution is 0.00304. The number of nitrogens with zero attached hydrogens (tertiary/aromatic N) is 2. The second-order valence-electron chi connectivity index (χ2n) is 6.95. The van der Waals surface area contributed by atoms with E-state index >= 15 is 0 Å². The summed E-state index contributed by atoms with van der Waals surface area (Å²) in [4.78, 5) is 31.3. The number of rotatable bonds is 3. The van der Waals surface area contributed by atoms with Crippen LogP contribution in [0.3, 0.4) is 0 Å². The van der Waals surface area contributed by atoms with E-state index in [9.17, 15) is 14.7 Å². The lowest BCUT2D eigenvalue weighted by atomic mass is 9.94. The first kappa shape index (κ1) is 17.7. The number of hydrogen-bond donors (Lipinski definition) is 2. The van der Waals surface area contributed by atoms with Crippen molar-refractivity contribution in [2.75, 3.05) is 33.7 Å². The average molecular weight is 321 g/mol. The first-order valence-electron chi connectivity index (χ1n) is 8.09. The van der Waals surface area contributed by atoms with Crippen LogP contribution in [0.4, 0.5) is 0 Å². The summed E-state index contributed by atoms with van der Waals surface area (Å²) in [6, 6.07) is 1.81. The highest BCUT2D eigenvalue weighted by molar-refractivity contribution is 5.95. The van der Waals surface area contributed by atoms with Gasteiger partial charge in [-0.05, 0) is 58.8 Å². The molecular formula is C17H27N3O3. The van der Waals surface area contributed by atoms with Crippen LogP contribution in [-0.2, 0) is 0 Å². The van der Waals surface area contributed by atoms with Gasteiger partial charge in [-0.15, -0.1) is 0 Å². The van der Waals surface area contributed by atoms with E-state index in [1.807, 2.05) is 25.1 Å². The molecule has 0 spiro atoms. The van der Waals surface area contributed by atoms with Crippen LogP contribution in [0.15, 0.2) is 10.9 Å². The number of pyridine rings is 1. The lowest BCUT2D eigenvalue weighted by Crippen LogP contribution is -2.42. The minimum atomic E-state index is -0.771. The van der Waals surface area contributed by atoms with Gasteiger partial charge in [-0.2, -0.15) is 0 Å². The van der Waals surface area contributed by atoms with Gasteiger partial charge in [-0.1, -0.05) is 0 Å². The standard InChI is InChI=1S/C17H27N3O3/c1-12-10-13(2)18-15(21)14(12)16(22)20-8-5-6-17(23,7-9-20)11-19(3)4/h10,23H,5-9,11H2,1-4H3,(H,18,21)/t17-/m0/s1. The topological polar surface area (TPSA) is 76.6 Å². The largest absolute Gasteiger partial charge is 0.388 e. The molecule has 0 saturated carbocycles. The summed E-state index contributed by atoms with van der Waals surface area (Å²) in [5.41, 5.74) is 0.561. The fraction of sp³-hybridized carbons (Fsp3) is 0.647. The van der Waals surface area contributed by atoms with Crippen molar-refractivity contribution in [3.63, 3.8) is 0 Å². The summed E-state index contributed by atoms with van der Waals surface area (Å²) in [5, 5.41) is 10.7. The van der Waals surface area contributed by atoms with Crippen LogP contribution < -0.4 is 5.56 Å². The zero-order chi connectivity index (χ0) is 17.2. The highest BCUT2D eigenvalue weighted by Gasteiger charge is 2.33. The Morgan fingerprint density at radius 1 is 1.35 bits per heavy atom. The Balaban J connectivity index is 2.17. The van der Waals surface area contributed by atoms with E-state index in [1.165, 1.54) is 0 Å². The molecule has 1 atom stereocenters. The molecule has 2 N–H and O–H groups in total. The number of hydrogen-bond acceptors (Lipinski definition) is 4. The summed E-state index contributed by atoms with van der Waals surface area (Å²) in [6.07, 6.45) is 1.93. The number of carbonyl (C=O) groups excluding carboxylic acids is 1. The highest BCUT2D eigenvalue weighted by Crippen LogP contribution is 2.24. The summed E-state index contributed by atoms with van der Waals surface area (Å²) in [5.74, 6) is -0.238. The first-order chi connectivity index (χ1) is 10.7. The van der Waals surface area contributed by atoms with Gasteiger partial charge in [-0.3, -0.25) is 9.59 Å². The van der Waals surface area contributed by atoms with Crippen LogP contribution in [-0.4, -0.2) is 65.1 Å². The third-order valence-electron chi connectivity index (χ3n) is 4.39. The number of aliphatic hydroxyl groups is 1. The number of aromatic amines is 1. The third-order valence-corrected chi connectivity index (χ3v) is 4.39. The molecule has 1 amide bonds. The van der Waals surface area contributed by atoms with Crippen LogP contribution in [0, 0.1) is 13.8 Å². The Morgan fingerprint density at radius 3 is 2.65 bits per heavy atom. The molecule has 6 nitrogen and oxygen atoms in total. The maximum atomic E-state index is 12.8. The Hall–Kier alpha value is -1.66. The maximum Gasteiger partial charge on any atom is 0.261 e. The zero-order valence-corrected chi connectivity index (χ0v) is 14.5. The number of aromatic nitrogens is 1. The number of nitrogens with one attached hydrogen (secondary N) is 1. The average Bonchev–Trinajstić information content (AvgIpc) is 2.58. The SMILES string of the molecule is Cc1cc(C)c(C(=O)N2CCC[C@@](O)(CN(C)C)CC2)c(=O)[nH]1. The van der Waals surface area contributed by atoms with Gasteiger partial charge in [0.2, 0.25) is 0 Å². The summed E-state index contributed by atoms with van der Waals surface area (Å²) in [7, 11) is 3.86. The lowest BCUT2D eigenvalue weighted by Gasteiger charge is -2.30. The molecule has 1 aliphatic heterocycles. The van der Waals surface area contributed by atoms with Crippen molar-refractivity contribution in [2.45, 2.75) is 38.7 Å². The van der Waals surface area contributed by atoms with Gasteiger partial charge < -0.3 is 19.9 Å². The predicted octanol–water partition coefficient (Wildman–Crippen LogP) is 0.911. The fourth-order valence-electron chi connectivity index (χ4n) is 3.41. The van der Waals surface area contributed by atoms with Gasteiger partial charge in [-0.25, -0.2) is 0 Å². The molecule has 0 aliphatic carbocycles. The summed E-state index contributed by atoms with van der Waals surface area (Å²) in [6.45, 7) is 5.21. The van der Waals surface area contributed by atoms with Crippen LogP contribution in [0.1, 0.15) is 40.9 Å². The van der Waals surface area contributed by atoms with Gasteiger partial charge in [0, 0.05) is 25.3 Å². The first-order valence-corrected chi connectivity index (χ1v) is 8.09. The number of likely N-dealkylation sites (N-methyl/N-ethyl adjacent to an activating group) is 1. The molecule has 1 aromatic rings. The van der Waals surface area contributed by atoms with E-state index < -0.39 is 5.60 Å². The van der Waals surface area contributed by atoms with Crippen molar-refractivity contribution in [1.82, 2.24) is 14.8 Å². The smallest absolute Gasteiger partial charge is 0.261 e. The maximum absolute atomic E-state index is 12.8. The van der Waals surface area contributed by atoms with Crippen molar-refractivity contribution in [3.8, 4) is 0 Å². The van der Waals surface area contributed by atoms with E-state index in [2.05, 4.69) is 4.98 Å². The Labute approximate surface area is 137 Å². The van der Waals surface area contributed by atoms with Crippen LogP contribution in [0.5, 0.6) is 0 Å². The van der Waals surface area contributed by atoms with E-state index in [0.29, 0.717) is 38.0 Å². The molecule has 128 valence electrons. The van der Waals surface area contributed by atoms with E-state index in [1.54, 1.807) is 18.7 Å². The third kappa shape index (κ3) is 4.20. The van der Waals surface area contributed by atoms with E-state index in [0.717, 1.165) is 12.1 Å². The molecule has 1 fully saturated rings. The van der Waals surface area contributed by atoms with Crippen molar-refractivity contribution < 1.29 is 9.90 Å². The molecule has 2 heterocycles. The summed E-state index contributed by atoms with van der Waals surface area (Å²) >= 11 is 0. The van der Waals surface area contributed by atoms with Crippen LogP contribution in [0.2, 0.25) is 0 Å². The minimum absolute atomic E-state index is 0.216. The molecule has 1 aliphatic rings. The molecule has 23 heavy (non-hydrogen) atoms. The normalized spacial score (nSPS) is 22.3. The number of likely N-dealkylation sites (tertiary alicyclic amines) is 1. The van der Waals surface area contributed by atoms with Crippen molar-refractivity contribution in [1.29, 1.82) is 0 Å². The minimum Gasteiger partial charge on any atom is -0.388 e. The van der Waals surface area contributed by atoms with Gasteiger partial charge >= 0.3 is 0 Å². The Morgan fingerprint density at radius 2 is 2.04 bits per heavy atom. The predicted molar refractivity (Wildman–Crippen MR) is 89.8 cm³/mol. The molecule has 1 saturated heterocycles. The van der Waals surface area contributed by atoms with Crippen molar-refractivity contribution in [3.05, 3.63) is 33.2 Å². The van der Waals surface area contributed by atoms with Gasteiger partial charge in [0.15, 0.2) is 0 Å². The van der Waals surface area contributed by atoms with Gasteiger partial charge in [0.1, 0.15) is 5.56 Å². The Bertz CT molecular complexity index is 638. The van der Waals surface area contributed by atoms with Gasteiger partial charge in [0.05, 0.1) is 5.60 Å². The molecule has 0 aromatic carbocycles. The highest BCUT2D eigenvalue weighted by atomic mass is 16.3. The monoisotopic (exact) mass is 321 g/mol. The quantitative estimate of drug-likeness (QED) is 0.867. The number of carbonyl (C=O) groups is 1. The summed E-state index contributed by atoms with van der Waals surface area (Å²) < 4.78 is 0. The molecule has 1 aromatic heterocycles. The number of amides is 1. The molecule has 0 unspecified atom stereocenters.